The number of halogens is 1. The van der Waals surface area contributed by atoms with Gasteiger partial charge in [0.2, 0.25) is 10.0 Å². The van der Waals surface area contributed by atoms with Gasteiger partial charge in [0, 0.05) is 24.8 Å². The van der Waals surface area contributed by atoms with Crippen LogP contribution in [-0.4, -0.2) is 44.6 Å². The van der Waals surface area contributed by atoms with Gasteiger partial charge in [-0.1, -0.05) is 0 Å². The van der Waals surface area contributed by atoms with Crippen LogP contribution < -0.4 is 10.5 Å². The maximum absolute atomic E-state index is 13.7. The van der Waals surface area contributed by atoms with Crippen molar-refractivity contribution in [3.63, 3.8) is 0 Å². The minimum absolute atomic E-state index is 0.0880. The first-order valence-electron chi connectivity index (χ1n) is 6.58. The number of nitrogens with one attached hydrogen (secondary N) is 1. The molecule has 1 aliphatic rings. The number of carbonyl (C=O) groups excluding carboxylic acids is 1. The highest BCUT2D eigenvalue weighted by molar-refractivity contribution is 7.88. The standard InChI is InChI=1S/C13H18FN3O3S/c1-21(19,20)16-10-3-2-6-17(8-10)13(18)11-7-9(15)4-5-12(11)14/h4-5,7,10,16H,2-3,6,8,15H2,1H3. The highest BCUT2D eigenvalue weighted by Gasteiger charge is 2.27. The molecule has 1 heterocycles. The van der Waals surface area contributed by atoms with Gasteiger partial charge < -0.3 is 10.6 Å². The molecular formula is C13H18FN3O3S. The lowest BCUT2D eigenvalue weighted by atomic mass is 10.0. The molecule has 0 radical (unpaired) electrons. The van der Waals surface area contributed by atoms with Crippen molar-refractivity contribution in [3.8, 4) is 0 Å². The zero-order valence-corrected chi connectivity index (χ0v) is 12.5. The molecule has 0 saturated carbocycles. The number of nitrogens with two attached hydrogens (primary N) is 1. The van der Waals surface area contributed by atoms with Crippen LogP contribution in [-0.2, 0) is 10.0 Å². The number of carbonyl (C=O) groups is 1. The van der Waals surface area contributed by atoms with Crippen LogP contribution in [0.4, 0.5) is 10.1 Å². The van der Waals surface area contributed by atoms with Crippen molar-refractivity contribution in [1.82, 2.24) is 9.62 Å². The molecule has 1 atom stereocenters. The predicted octanol–water partition coefficient (Wildman–Crippen LogP) is 0.562. The molecule has 0 bridgehead atoms. The fraction of sp³-hybridized carbons (Fsp3) is 0.462. The zero-order chi connectivity index (χ0) is 15.6. The van der Waals surface area contributed by atoms with Crippen LogP contribution in [0.3, 0.4) is 0 Å². The average molecular weight is 315 g/mol. The van der Waals surface area contributed by atoms with Crippen molar-refractivity contribution in [1.29, 1.82) is 0 Å². The number of benzene rings is 1. The van der Waals surface area contributed by atoms with Gasteiger partial charge in [-0.15, -0.1) is 0 Å². The van der Waals surface area contributed by atoms with Crippen molar-refractivity contribution in [2.24, 2.45) is 0 Å². The average Bonchev–Trinajstić information content (AvgIpc) is 2.39. The Morgan fingerprint density at radius 1 is 1.48 bits per heavy atom. The van der Waals surface area contributed by atoms with E-state index in [0.29, 0.717) is 25.1 Å². The highest BCUT2D eigenvalue weighted by Crippen LogP contribution is 2.18. The number of nitrogen functional groups attached to an aromatic ring is 1. The Labute approximate surface area is 123 Å². The van der Waals surface area contributed by atoms with Crippen LogP contribution in [0.5, 0.6) is 0 Å². The van der Waals surface area contributed by atoms with Crippen LogP contribution in [0.1, 0.15) is 23.2 Å². The van der Waals surface area contributed by atoms with Crippen molar-refractivity contribution < 1.29 is 17.6 Å². The molecule has 1 aromatic rings. The first kappa shape index (κ1) is 15.7. The Balaban J connectivity index is 2.14. The molecule has 0 aliphatic carbocycles. The summed E-state index contributed by atoms with van der Waals surface area (Å²) in [5, 5.41) is 0. The van der Waals surface area contributed by atoms with E-state index in [9.17, 15) is 17.6 Å². The van der Waals surface area contributed by atoms with Crippen LogP contribution in [0, 0.1) is 5.82 Å². The Kier molecular flexibility index (Phi) is 4.48. The molecule has 1 saturated heterocycles. The first-order valence-corrected chi connectivity index (χ1v) is 8.47. The molecule has 3 N–H and O–H groups in total. The molecule has 8 heteroatoms. The number of likely N-dealkylation sites (tertiary alicyclic amines) is 1. The van der Waals surface area contributed by atoms with Gasteiger partial charge in [0.15, 0.2) is 0 Å². The molecule has 0 aromatic heterocycles. The van der Waals surface area contributed by atoms with E-state index in [0.717, 1.165) is 12.3 Å². The second-order valence-corrected chi connectivity index (χ2v) is 7.00. The molecule has 1 aliphatic heterocycles. The molecule has 116 valence electrons. The second kappa shape index (κ2) is 5.98. The van der Waals surface area contributed by atoms with Crippen LogP contribution >= 0.6 is 0 Å². The van der Waals surface area contributed by atoms with Crippen LogP contribution in [0.25, 0.3) is 0 Å². The first-order chi connectivity index (χ1) is 9.76. The number of hydrogen-bond donors (Lipinski definition) is 2. The molecule has 1 amide bonds. The van der Waals surface area contributed by atoms with E-state index in [1.165, 1.54) is 17.0 Å². The van der Waals surface area contributed by atoms with Crippen molar-refractivity contribution in [2.75, 3.05) is 25.1 Å². The number of nitrogens with zero attached hydrogens (tertiary/aromatic N) is 1. The second-order valence-electron chi connectivity index (χ2n) is 5.22. The number of sulfonamides is 1. The summed E-state index contributed by atoms with van der Waals surface area (Å²) in [6.45, 7) is 0.690. The van der Waals surface area contributed by atoms with E-state index in [1.807, 2.05) is 0 Å². The number of piperidine rings is 1. The quantitative estimate of drug-likeness (QED) is 0.797. The summed E-state index contributed by atoms with van der Waals surface area (Å²) in [7, 11) is -3.33. The van der Waals surface area contributed by atoms with Gasteiger partial charge in [0.05, 0.1) is 11.8 Å². The number of hydrogen-bond acceptors (Lipinski definition) is 4. The lowest BCUT2D eigenvalue weighted by molar-refractivity contribution is 0.0698. The molecule has 1 unspecified atom stereocenters. The summed E-state index contributed by atoms with van der Waals surface area (Å²) >= 11 is 0. The largest absolute Gasteiger partial charge is 0.399 e. The summed E-state index contributed by atoms with van der Waals surface area (Å²) < 4.78 is 38.7. The number of rotatable bonds is 3. The Morgan fingerprint density at radius 3 is 2.86 bits per heavy atom. The molecule has 6 nitrogen and oxygen atoms in total. The van der Waals surface area contributed by atoms with Gasteiger partial charge in [-0.05, 0) is 31.0 Å². The molecule has 21 heavy (non-hydrogen) atoms. The molecule has 2 rings (SSSR count). The zero-order valence-electron chi connectivity index (χ0n) is 11.7. The fourth-order valence-electron chi connectivity index (χ4n) is 2.44. The minimum atomic E-state index is -3.33. The van der Waals surface area contributed by atoms with Crippen molar-refractivity contribution in [2.45, 2.75) is 18.9 Å². The summed E-state index contributed by atoms with van der Waals surface area (Å²) in [4.78, 5) is 13.8. The molecular weight excluding hydrogens is 297 g/mol. The normalized spacial score (nSPS) is 19.5. The van der Waals surface area contributed by atoms with Crippen LogP contribution in [0.2, 0.25) is 0 Å². The summed E-state index contributed by atoms with van der Waals surface area (Å²) in [5.74, 6) is -1.10. The lowest BCUT2D eigenvalue weighted by Crippen LogP contribution is -2.49. The third-order valence-corrected chi connectivity index (χ3v) is 4.07. The van der Waals surface area contributed by atoms with Gasteiger partial charge in [0.1, 0.15) is 5.82 Å². The third kappa shape index (κ3) is 4.15. The summed E-state index contributed by atoms with van der Waals surface area (Å²) in [6, 6.07) is 3.49. The van der Waals surface area contributed by atoms with Gasteiger partial charge in [0.25, 0.3) is 5.91 Å². The highest BCUT2D eigenvalue weighted by atomic mass is 32.2. The molecule has 1 fully saturated rings. The summed E-state index contributed by atoms with van der Waals surface area (Å²) in [5.41, 5.74) is 5.80. The SMILES string of the molecule is CS(=O)(=O)NC1CCCN(C(=O)c2cc(N)ccc2F)C1. The van der Waals surface area contributed by atoms with Crippen LogP contribution in [0.15, 0.2) is 18.2 Å². The van der Waals surface area contributed by atoms with Gasteiger partial charge >= 0.3 is 0 Å². The molecule has 1 aromatic carbocycles. The Morgan fingerprint density at radius 2 is 2.19 bits per heavy atom. The number of amides is 1. The monoisotopic (exact) mass is 315 g/mol. The van der Waals surface area contributed by atoms with E-state index in [-0.39, 0.29) is 18.2 Å². The Hall–Kier alpha value is -1.67. The fourth-order valence-corrected chi connectivity index (χ4v) is 3.24. The predicted molar refractivity (Wildman–Crippen MR) is 77.7 cm³/mol. The van der Waals surface area contributed by atoms with Gasteiger partial charge in [-0.25, -0.2) is 17.5 Å². The maximum atomic E-state index is 13.7. The number of anilines is 1. The van der Waals surface area contributed by atoms with E-state index in [4.69, 9.17) is 5.73 Å². The van der Waals surface area contributed by atoms with Crippen molar-refractivity contribution in [3.05, 3.63) is 29.6 Å². The maximum Gasteiger partial charge on any atom is 0.256 e. The Bertz CT molecular complexity index is 648. The third-order valence-electron chi connectivity index (χ3n) is 3.31. The van der Waals surface area contributed by atoms with Gasteiger partial charge in [-0.3, -0.25) is 4.79 Å². The molecule has 0 spiro atoms. The lowest BCUT2D eigenvalue weighted by Gasteiger charge is -2.32. The van der Waals surface area contributed by atoms with E-state index < -0.39 is 21.7 Å². The topological polar surface area (TPSA) is 92.5 Å². The summed E-state index contributed by atoms with van der Waals surface area (Å²) in [6.07, 6.45) is 2.38. The van der Waals surface area contributed by atoms with E-state index in [1.54, 1.807) is 0 Å². The van der Waals surface area contributed by atoms with E-state index in [2.05, 4.69) is 4.72 Å². The van der Waals surface area contributed by atoms with Gasteiger partial charge in [-0.2, -0.15) is 0 Å². The smallest absolute Gasteiger partial charge is 0.256 e. The minimum Gasteiger partial charge on any atom is -0.399 e. The van der Waals surface area contributed by atoms with E-state index >= 15 is 0 Å². The van der Waals surface area contributed by atoms with Crippen molar-refractivity contribution >= 4 is 21.6 Å².